The van der Waals surface area contributed by atoms with E-state index in [9.17, 15) is 19.3 Å². The van der Waals surface area contributed by atoms with Crippen molar-refractivity contribution in [2.75, 3.05) is 0 Å². The number of nitrogens with one attached hydrogen (secondary N) is 1. The van der Waals surface area contributed by atoms with Crippen LogP contribution in [0.25, 0.3) is 22.0 Å². The second kappa shape index (κ2) is 6.49. The van der Waals surface area contributed by atoms with E-state index in [0.29, 0.717) is 0 Å². The first-order valence-corrected chi connectivity index (χ1v) is 8.09. The Bertz CT molecular complexity index is 1230. The van der Waals surface area contributed by atoms with Gasteiger partial charge < -0.3 is 4.57 Å². The van der Waals surface area contributed by atoms with Crippen LogP contribution in [0.5, 0.6) is 0 Å². The molecule has 0 fully saturated rings. The smallest absolute Gasteiger partial charge is 0.305 e. The highest BCUT2D eigenvalue weighted by Crippen LogP contribution is 2.24. The number of aromatic amines is 1. The summed E-state index contributed by atoms with van der Waals surface area (Å²) >= 11 is 0. The van der Waals surface area contributed by atoms with Gasteiger partial charge in [0.1, 0.15) is 0 Å². The van der Waals surface area contributed by atoms with E-state index in [4.69, 9.17) is 0 Å². The number of fused-ring (bicyclic) bond motifs is 1. The van der Waals surface area contributed by atoms with Crippen molar-refractivity contribution in [1.29, 1.82) is 0 Å². The van der Waals surface area contributed by atoms with E-state index in [1.165, 1.54) is 22.8 Å². The molecule has 0 atom stereocenters. The largest absolute Gasteiger partial charge is 0.310 e. The lowest BCUT2D eigenvalue weighted by atomic mass is 10.1. The van der Waals surface area contributed by atoms with Crippen molar-refractivity contribution in [3.05, 3.63) is 92.8 Å². The summed E-state index contributed by atoms with van der Waals surface area (Å²) in [6.45, 7) is -0.105. The summed E-state index contributed by atoms with van der Waals surface area (Å²) in [6.07, 6.45) is 3.32. The van der Waals surface area contributed by atoms with E-state index in [0.717, 1.165) is 28.1 Å². The fraction of sp³-hybridized carbons (Fsp3) is 0.0526. The van der Waals surface area contributed by atoms with Crippen LogP contribution in [-0.4, -0.2) is 19.7 Å². The standard InChI is InChI=1S/C19H13FN4O3/c20-19-15(2-1-3-17(19)24(26)27)11-23-10-14(6-7-18(23)25)12-4-5-13-9-21-22-16(13)8-12/h1-10H,11H2,(H,21,22). The molecule has 1 N–H and O–H groups in total. The Morgan fingerprint density at radius 3 is 2.78 bits per heavy atom. The molecule has 7 nitrogen and oxygen atoms in total. The second-order valence-electron chi connectivity index (χ2n) is 6.06. The van der Waals surface area contributed by atoms with E-state index < -0.39 is 16.4 Å². The number of nitro benzene ring substituents is 1. The Hall–Kier alpha value is -3.81. The van der Waals surface area contributed by atoms with Gasteiger partial charge in [0.2, 0.25) is 5.82 Å². The molecule has 0 saturated carbocycles. The van der Waals surface area contributed by atoms with Crippen molar-refractivity contribution in [3.63, 3.8) is 0 Å². The molecule has 2 aromatic carbocycles. The maximum absolute atomic E-state index is 14.3. The summed E-state index contributed by atoms with van der Waals surface area (Å²) in [4.78, 5) is 22.3. The highest BCUT2D eigenvalue weighted by atomic mass is 19.1. The van der Waals surface area contributed by atoms with Crippen molar-refractivity contribution in [1.82, 2.24) is 14.8 Å². The third-order valence-corrected chi connectivity index (χ3v) is 4.35. The van der Waals surface area contributed by atoms with Gasteiger partial charge in [-0.1, -0.05) is 24.3 Å². The van der Waals surface area contributed by atoms with Gasteiger partial charge in [-0.2, -0.15) is 9.49 Å². The van der Waals surface area contributed by atoms with Crippen molar-refractivity contribution in [3.8, 4) is 11.1 Å². The quantitative estimate of drug-likeness (QED) is 0.443. The first-order chi connectivity index (χ1) is 13.0. The first-order valence-electron chi connectivity index (χ1n) is 8.09. The maximum atomic E-state index is 14.3. The normalized spacial score (nSPS) is 11.0. The Balaban J connectivity index is 1.74. The molecule has 0 aliphatic carbocycles. The van der Waals surface area contributed by atoms with Crippen LogP contribution in [0.15, 0.2) is 65.7 Å². The molecule has 4 aromatic rings. The average molecular weight is 364 g/mol. The summed E-state index contributed by atoms with van der Waals surface area (Å²) in [6, 6.07) is 12.7. The second-order valence-corrected chi connectivity index (χ2v) is 6.06. The van der Waals surface area contributed by atoms with Crippen molar-refractivity contribution < 1.29 is 9.31 Å². The lowest BCUT2D eigenvalue weighted by Crippen LogP contribution is -2.19. The number of H-pyrrole nitrogens is 1. The van der Waals surface area contributed by atoms with Gasteiger partial charge in [-0.15, -0.1) is 0 Å². The summed E-state index contributed by atoms with van der Waals surface area (Å²) in [7, 11) is 0. The van der Waals surface area contributed by atoms with Crippen LogP contribution < -0.4 is 5.56 Å². The summed E-state index contributed by atoms with van der Waals surface area (Å²) in [5.41, 5.74) is 1.62. The predicted molar refractivity (Wildman–Crippen MR) is 97.9 cm³/mol. The van der Waals surface area contributed by atoms with Crippen LogP contribution in [0.2, 0.25) is 0 Å². The number of rotatable bonds is 4. The number of halogens is 1. The number of nitro groups is 1. The van der Waals surface area contributed by atoms with Crippen molar-refractivity contribution >= 4 is 16.6 Å². The summed E-state index contributed by atoms with van der Waals surface area (Å²) < 4.78 is 15.7. The van der Waals surface area contributed by atoms with E-state index in [-0.39, 0.29) is 17.7 Å². The van der Waals surface area contributed by atoms with Crippen LogP contribution in [0, 0.1) is 15.9 Å². The van der Waals surface area contributed by atoms with E-state index >= 15 is 0 Å². The van der Waals surface area contributed by atoms with Gasteiger partial charge in [-0.3, -0.25) is 20.0 Å². The molecule has 0 unspecified atom stereocenters. The SMILES string of the molecule is O=c1ccc(-c2ccc3cn[nH]c3c2)cn1Cc1cccc([N+](=O)[O-])c1F. The number of benzene rings is 2. The topological polar surface area (TPSA) is 93.8 Å². The van der Waals surface area contributed by atoms with Crippen LogP contribution in [0.3, 0.4) is 0 Å². The molecular formula is C19H13FN4O3. The number of hydrogen-bond acceptors (Lipinski definition) is 4. The molecule has 0 amide bonds. The number of pyridine rings is 1. The molecule has 2 aromatic heterocycles. The summed E-state index contributed by atoms with van der Waals surface area (Å²) in [5.74, 6) is -0.932. The molecule has 4 rings (SSSR count). The average Bonchev–Trinajstić information content (AvgIpc) is 3.12. The third kappa shape index (κ3) is 3.08. The summed E-state index contributed by atoms with van der Waals surface area (Å²) in [5, 5.41) is 18.7. The molecule has 2 heterocycles. The Kier molecular flexibility index (Phi) is 4.00. The maximum Gasteiger partial charge on any atom is 0.305 e. The molecule has 27 heavy (non-hydrogen) atoms. The fourth-order valence-electron chi connectivity index (χ4n) is 2.96. The lowest BCUT2D eigenvalue weighted by molar-refractivity contribution is -0.387. The molecule has 0 aliphatic heterocycles. The van der Waals surface area contributed by atoms with Crippen LogP contribution in [0.1, 0.15) is 5.56 Å². The minimum Gasteiger partial charge on any atom is -0.310 e. The molecule has 0 saturated heterocycles. The van der Waals surface area contributed by atoms with Gasteiger partial charge in [0.05, 0.1) is 23.2 Å². The van der Waals surface area contributed by atoms with Gasteiger partial charge in [0, 0.05) is 29.3 Å². The minimum absolute atomic E-state index is 0.0764. The van der Waals surface area contributed by atoms with E-state index in [1.807, 2.05) is 18.2 Å². The van der Waals surface area contributed by atoms with Crippen LogP contribution in [0.4, 0.5) is 10.1 Å². The molecular weight excluding hydrogens is 351 g/mol. The lowest BCUT2D eigenvalue weighted by Gasteiger charge is -2.10. The monoisotopic (exact) mass is 364 g/mol. The molecule has 0 spiro atoms. The zero-order valence-corrected chi connectivity index (χ0v) is 13.9. The van der Waals surface area contributed by atoms with Crippen molar-refractivity contribution in [2.24, 2.45) is 0 Å². The molecule has 0 bridgehead atoms. The van der Waals surface area contributed by atoms with Gasteiger partial charge in [-0.05, 0) is 23.3 Å². The Morgan fingerprint density at radius 1 is 1.15 bits per heavy atom. The first kappa shape index (κ1) is 16.6. The molecule has 134 valence electrons. The Labute approximate surface area is 151 Å². The zero-order valence-electron chi connectivity index (χ0n) is 13.9. The highest BCUT2D eigenvalue weighted by Gasteiger charge is 2.17. The third-order valence-electron chi connectivity index (χ3n) is 4.35. The number of aromatic nitrogens is 3. The van der Waals surface area contributed by atoms with Crippen LogP contribution >= 0.6 is 0 Å². The van der Waals surface area contributed by atoms with Gasteiger partial charge in [0.15, 0.2) is 0 Å². The predicted octanol–water partition coefficient (Wildman–Crippen LogP) is 3.49. The molecule has 0 radical (unpaired) electrons. The van der Waals surface area contributed by atoms with Gasteiger partial charge in [0.25, 0.3) is 5.56 Å². The molecule has 8 heteroatoms. The zero-order chi connectivity index (χ0) is 19.0. The van der Waals surface area contributed by atoms with E-state index in [2.05, 4.69) is 10.2 Å². The highest BCUT2D eigenvalue weighted by molar-refractivity contribution is 5.83. The number of nitrogens with zero attached hydrogens (tertiary/aromatic N) is 3. The van der Waals surface area contributed by atoms with Gasteiger partial charge >= 0.3 is 5.69 Å². The Morgan fingerprint density at radius 2 is 1.96 bits per heavy atom. The van der Waals surface area contributed by atoms with Gasteiger partial charge in [-0.25, -0.2) is 0 Å². The van der Waals surface area contributed by atoms with Crippen molar-refractivity contribution in [2.45, 2.75) is 6.54 Å². The van der Waals surface area contributed by atoms with Crippen LogP contribution in [-0.2, 0) is 6.54 Å². The molecule has 0 aliphatic rings. The van der Waals surface area contributed by atoms with E-state index in [1.54, 1.807) is 18.5 Å². The fourth-order valence-corrected chi connectivity index (χ4v) is 2.96. The number of hydrogen-bond donors (Lipinski definition) is 1. The minimum atomic E-state index is -0.932.